The largest absolute Gasteiger partial charge is 0.444 e. The minimum Gasteiger partial charge on any atom is -0.444 e. The summed E-state index contributed by atoms with van der Waals surface area (Å²) in [4.78, 5) is 12.1. The van der Waals surface area contributed by atoms with E-state index in [1.807, 2.05) is 13.8 Å². The van der Waals surface area contributed by atoms with Gasteiger partial charge in [-0.2, -0.15) is 0 Å². The molecule has 2 aromatic rings. The molecule has 0 bridgehead atoms. The second-order valence-corrected chi connectivity index (χ2v) is 9.20. The Kier molecular flexibility index (Phi) is 6.15. The van der Waals surface area contributed by atoms with Gasteiger partial charge in [-0.25, -0.2) is 13.2 Å². The van der Waals surface area contributed by atoms with Gasteiger partial charge >= 0.3 is 6.09 Å². The monoisotopic (exact) mass is 390 g/mol. The molecular formula is C20H26N2O4S. The third-order valence-electron chi connectivity index (χ3n) is 3.54. The minimum absolute atomic E-state index is 0.231. The predicted octanol–water partition coefficient (Wildman–Crippen LogP) is 4.64. The molecule has 0 unspecified atom stereocenters. The van der Waals surface area contributed by atoms with E-state index in [4.69, 9.17) is 4.74 Å². The molecule has 0 aliphatic rings. The molecule has 0 radical (unpaired) electrons. The first-order chi connectivity index (χ1) is 12.5. The second kappa shape index (κ2) is 8.00. The summed E-state index contributed by atoms with van der Waals surface area (Å²) >= 11 is 0. The molecule has 27 heavy (non-hydrogen) atoms. The van der Waals surface area contributed by atoms with Crippen molar-refractivity contribution in [2.24, 2.45) is 0 Å². The molecule has 0 aliphatic heterocycles. The Morgan fingerprint density at radius 1 is 1.00 bits per heavy atom. The normalized spacial score (nSPS) is 11.9. The zero-order chi connectivity index (χ0) is 20.2. The summed E-state index contributed by atoms with van der Waals surface area (Å²) in [5, 5.41) is 2.64. The van der Waals surface area contributed by atoms with Crippen molar-refractivity contribution in [3.05, 3.63) is 54.6 Å². The maximum atomic E-state index is 13.0. The lowest BCUT2D eigenvalue weighted by Crippen LogP contribution is -2.37. The fourth-order valence-electron chi connectivity index (χ4n) is 2.53. The Morgan fingerprint density at radius 3 is 2.04 bits per heavy atom. The van der Waals surface area contributed by atoms with Crippen LogP contribution >= 0.6 is 0 Å². The van der Waals surface area contributed by atoms with Crippen LogP contribution in [0, 0.1) is 0 Å². The van der Waals surface area contributed by atoms with Crippen molar-refractivity contribution in [2.45, 2.75) is 51.2 Å². The first-order valence-electron chi connectivity index (χ1n) is 8.70. The molecule has 146 valence electrons. The number of amides is 1. The van der Waals surface area contributed by atoms with E-state index in [1.54, 1.807) is 75.4 Å². The zero-order valence-corrected chi connectivity index (χ0v) is 17.1. The van der Waals surface area contributed by atoms with Crippen LogP contribution in [-0.4, -0.2) is 26.2 Å². The zero-order valence-electron chi connectivity index (χ0n) is 16.3. The summed E-state index contributed by atoms with van der Waals surface area (Å²) in [6, 6.07) is 14.6. The topological polar surface area (TPSA) is 75.7 Å². The lowest BCUT2D eigenvalue weighted by atomic mass is 10.2. The molecule has 0 heterocycles. The number of sulfonamides is 1. The molecule has 0 fully saturated rings. The number of anilines is 2. The number of rotatable bonds is 5. The van der Waals surface area contributed by atoms with Crippen molar-refractivity contribution in [2.75, 3.05) is 9.62 Å². The van der Waals surface area contributed by atoms with Gasteiger partial charge in [0.2, 0.25) is 0 Å². The van der Waals surface area contributed by atoms with Crippen molar-refractivity contribution >= 4 is 27.5 Å². The van der Waals surface area contributed by atoms with E-state index in [0.717, 1.165) is 0 Å². The summed E-state index contributed by atoms with van der Waals surface area (Å²) in [7, 11) is -3.69. The van der Waals surface area contributed by atoms with Crippen LogP contribution in [0.2, 0.25) is 0 Å². The molecule has 7 heteroatoms. The van der Waals surface area contributed by atoms with Crippen LogP contribution in [0.4, 0.5) is 16.2 Å². The van der Waals surface area contributed by atoms with E-state index in [-0.39, 0.29) is 10.9 Å². The van der Waals surface area contributed by atoms with Gasteiger partial charge in [0.1, 0.15) is 5.60 Å². The SMILES string of the molecule is CC(C)N(c1ccc(NC(=O)OC(C)(C)C)cc1)S(=O)(=O)c1ccccc1. The van der Waals surface area contributed by atoms with E-state index < -0.39 is 21.7 Å². The summed E-state index contributed by atoms with van der Waals surface area (Å²) in [5.41, 5.74) is 0.444. The van der Waals surface area contributed by atoms with Crippen LogP contribution < -0.4 is 9.62 Å². The Labute approximate surface area is 161 Å². The van der Waals surface area contributed by atoms with Gasteiger partial charge in [0.15, 0.2) is 0 Å². The van der Waals surface area contributed by atoms with Gasteiger partial charge in [-0.3, -0.25) is 9.62 Å². The van der Waals surface area contributed by atoms with Crippen LogP contribution in [0.3, 0.4) is 0 Å². The highest BCUT2D eigenvalue weighted by Gasteiger charge is 2.27. The van der Waals surface area contributed by atoms with Crippen LogP contribution in [0.25, 0.3) is 0 Å². The third kappa shape index (κ3) is 5.47. The first kappa shape index (κ1) is 20.8. The van der Waals surface area contributed by atoms with Gasteiger partial charge in [0.05, 0.1) is 10.6 Å². The molecule has 0 atom stereocenters. The van der Waals surface area contributed by atoms with E-state index >= 15 is 0 Å². The average molecular weight is 391 g/mol. The fourth-order valence-corrected chi connectivity index (χ4v) is 4.22. The Balaban J connectivity index is 2.26. The summed E-state index contributed by atoms with van der Waals surface area (Å²) in [6.45, 7) is 8.97. The van der Waals surface area contributed by atoms with Gasteiger partial charge in [-0.15, -0.1) is 0 Å². The van der Waals surface area contributed by atoms with E-state index in [0.29, 0.717) is 11.4 Å². The maximum Gasteiger partial charge on any atom is 0.412 e. The van der Waals surface area contributed by atoms with Crippen LogP contribution in [0.1, 0.15) is 34.6 Å². The molecule has 0 aromatic heterocycles. The molecule has 0 saturated carbocycles. The number of hydrogen-bond donors (Lipinski definition) is 1. The first-order valence-corrected chi connectivity index (χ1v) is 10.1. The highest BCUT2D eigenvalue weighted by molar-refractivity contribution is 7.92. The summed E-state index contributed by atoms with van der Waals surface area (Å²) in [5.74, 6) is 0. The van der Waals surface area contributed by atoms with Crippen LogP contribution in [0.5, 0.6) is 0 Å². The van der Waals surface area contributed by atoms with Gasteiger partial charge in [0, 0.05) is 11.7 Å². The molecule has 6 nitrogen and oxygen atoms in total. The molecule has 1 N–H and O–H groups in total. The van der Waals surface area contributed by atoms with Crippen molar-refractivity contribution in [3.8, 4) is 0 Å². The Hall–Kier alpha value is -2.54. The van der Waals surface area contributed by atoms with Crippen molar-refractivity contribution < 1.29 is 17.9 Å². The molecule has 2 rings (SSSR count). The van der Waals surface area contributed by atoms with Crippen molar-refractivity contribution in [3.63, 3.8) is 0 Å². The highest BCUT2D eigenvalue weighted by atomic mass is 32.2. The minimum atomic E-state index is -3.69. The molecule has 0 aliphatic carbocycles. The number of carbonyl (C=O) groups excluding carboxylic acids is 1. The number of nitrogens with one attached hydrogen (secondary N) is 1. The summed E-state index contributed by atoms with van der Waals surface area (Å²) < 4.78 is 32.6. The third-order valence-corrected chi connectivity index (χ3v) is 5.55. The second-order valence-electron chi connectivity index (χ2n) is 7.38. The number of benzene rings is 2. The molecule has 0 saturated heterocycles. The van der Waals surface area contributed by atoms with Gasteiger partial charge in [-0.05, 0) is 71.0 Å². The van der Waals surface area contributed by atoms with Crippen LogP contribution in [0.15, 0.2) is 59.5 Å². The Morgan fingerprint density at radius 2 is 1.56 bits per heavy atom. The average Bonchev–Trinajstić information content (AvgIpc) is 2.55. The standard InChI is InChI=1S/C20H26N2O4S/c1-15(2)22(27(24,25)18-9-7-6-8-10-18)17-13-11-16(12-14-17)21-19(23)26-20(3,4)5/h6-15H,1-5H3,(H,21,23). The number of nitrogens with zero attached hydrogens (tertiary/aromatic N) is 1. The number of ether oxygens (including phenoxy) is 1. The van der Waals surface area contributed by atoms with Crippen molar-refractivity contribution in [1.82, 2.24) is 0 Å². The van der Waals surface area contributed by atoms with E-state index in [2.05, 4.69) is 5.32 Å². The lowest BCUT2D eigenvalue weighted by molar-refractivity contribution is 0.0636. The fraction of sp³-hybridized carbons (Fsp3) is 0.350. The van der Waals surface area contributed by atoms with Gasteiger partial charge < -0.3 is 4.74 Å². The molecular weight excluding hydrogens is 364 g/mol. The lowest BCUT2D eigenvalue weighted by Gasteiger charge is -2.28. The van der Waals surface area contributed by atoms with E-state index in [9.17, 15) is 13.2 Å². The maximum absolute atomic E-state index is 13.0. The van der Waals surface area contributed by atoms with Gasteiger partial charge in [0.25, 0.3) is 10.0 Å². The quantitative estimate of drug-likeness (QED) is 0.807. The molecule has 1 amide bonds. The van der Waals surface area contributed by atoms with Crippen molar-refractivity contribution in [1.29, 1.82) is 0 Å². The molecule has 0 spiro atoms. The van der Waals surface area contributed by atoms with Crippen LogP contribution in [-0.2, 0) is 14.8 Å². The van der Waals surface area contributed by atoms with Gasteiger partial charge in [-0.1, -0.05) is 18.2 Å². The predicted molar refractivity (Wildman–Crippen MR) is 108 cm³/mol. The number of carbonyl (C=O) groups is 1. The molecule has 2 aromatic carbocycles. The number of hydrogen-bond acceptors (Lipinski definition) is 4. The smallest absolute Gasteiger partial charge is 0.412 e. The van der Waals surface area contributed by atoms with E-state index in [1.165, 1.54) is 4.31 Å². The summed E-state index contributed by atoms with van der Waals surface area (Å²) in [6.07, 6.45) is -0.562. The Bertz CT molecular complexity index is 870. The highest BCUT2D eigenvalue weighted by Crippen LogP contribution is 2.27.